The number of hydrogen-bond donors (Lipinski definition) is 1. The second kappa shape index (κ2) is 7.75. The zero-order valence-corrected chi connectivity index (χ0v) is 14.3. The number of piperidine rings is 1. The molecule has 1 fully saturated rings. The Labute approximate surface area is 133 Å². The van der Waals surface area contributed by atoms with Gasteiger partial charge in [0.15, 0.2) is 0 Å². The van der Waals surface area contributed by atoms with Crippen molar-refractivity contribution in [3.8, 4) is 0 Å². The van der Waals surface area contributed by atoms with Gasteiger partial charge in [0.1, 0.15) is 0 Å². The van der Waals surface area contributed by atoms with E-state index >= 15 is 0 Å². The van der Waals surface area contributed by atoms with Crippen molar-refractivity contribution in [3.63, 3.8) is 0 Å². The van der Waals surface area contributed by atoms with Crippen LogP contribution in [0.25, 0.3) is 0 Å². The molecular formula is C18H30N2S. The number of rotatable bonds is 6. The first-order valence-electron chi connectivity index (χ1n) is 8.90. The van der Waals surface area contributed by atoms with Gasteiger partial charge in [-0.15, -0.1) is 11.3 Å². The summed E-state index contributed by atoms with van der Waals surface area (Å²) in [6, 6.07) is 3.00. The van der Waals surface area contributed by atoms with Crippen molar-refractivity contribution in [2.45, 2.75) is 64.3 Å². The average Bonchev–Trinajstić information content (AvgIpc) is 2.96. The SMILES string of the molecule is CC(NCCCN1CCCCC1)c1cc2c(s1)CCCC2. The van der Waals surface area contributed by atoms with Gasteiger partial charge in [0.05, 0.1) is 0 Å². The first-order valence-corrected chi connectivity index (χ1v) is 9.72. The summed E-state index contributed by atoms with van der Waals surface area (Å²) in [6.07, 6.45) is 11.0. The average molecular weight is 307 g/mol. The number of aryl methyl sites for hydroxylation is 2. The van der Waals surface area contributed by atoms with Crippen LogP contribution in [0, 0.1) is 0 Å². The number of thiophene rings is 1. The molecule has 1 aliphatic heterocycles. The lowest BCUT2D eigenvalue weighted by molar-refractivity contribution is 0.225. The molecule has 1 unspecified atom stereocenters. The molecule has 1 N–H and O–H groups in total. The highest BCUT2D eigenvalue weighted by Crippen LogP contribution is 2.32. The predicted octanol–water partition coefficient (Wildman–Crippen LogP) is 4.15. The molecule has 1 saturated heterocycles. The van der Waals surface area contributed by atoms with Crippen LogP contribution in [0.4, 0.5) is 0 Å². The van der Waals surface area contributed by atoms with Crippen LogP contribution in [0.2, 0.25) is 0 Å². The van der Waals surface area contributed by atoms with Gasteiger partial charge in [-0.25, -0.2) is 0 Å². The predicted molar refractivity (Wildman–Crippen MR) is 92.3 cm³/mol. The van der Waals surface area contributed by atoms with E-state index in [0.717, 1.165) is 6.54 Å². The Morgan fingerprint density at radius 2 is 1.95 bits per heavy atom. The Hall–Kier alpha value is -0.380. The highest BCUT2D eigenvalue weighted by molar-refractivity contribution is 7.12. The fourth-order valence-electron chi connectivity index (χ4n) is 3.63. The van der Waals surface area contributed by atoms with Crippen LogP contribution in [0.5, 0.6) is 0 Å². The van der Waals surface area contributed by atoms with Crippen molar-refractivity contribution in [2.75, 3.05) is 26.2 Å². The molecule has 0 spiro atoms. The van der Waals surface area contributed by atoms with Gasteiger partial charge in [0.25, 0.3) is 0 Å². The first-order chi connectivity index (χ1) is 10.3. The van der Waals surface area contributed by atoms with E-state index in [1.165, 1.54) is 71.0 Å². The monoisotopic (exact) mass is 306 g/mol. The largest absolute Gasteiger partial charge is 0.309 e. The van der Waals surface area contributed by atoms with E-state index < -0.39 is 0 Å². The molecule has 1 aliphatic carbocycles. The van der Waals surface area contributed by atoms with Gasteiger partial charge in [-0.05, 0) is 89.7 Å². The fraction of sp³-hybridized carbons (Fsp3) is 0.778. The normalized spacial score (nSPS) is 21.2. The molecule has 0 aromatic carbocycles. The highest BCUT2D eigenvalue weighted by Gasteiger charge is 2.16. The zero-order chi connectivity index (χ0) is 14.5. The number of hydrogen-bond acceptors (Lipinski definition) is 3. The maximum absolute atomic E-state index is 3.73. The lowest BCUT2D eigenvalue weighted by Crippen LogP contribution is -2.32. The van der Waals surface area contributed by atoms with E-state index in [-0.39, 0.29) is 0 Å². The maximum atomic E-state index is 3.73. The molecule has 3 heteroatoms. The van der Waals surface area contributed by atoms with Gasteiger partial charge in [-0.1, -0.05) is 6.42 Å². The molecular weight excluding hydrogens is 276 g/mol. The molecule has 2 heterocycles. The third-order valence-electron chi connectivity index (χ3n) is 4.99. The topological polar surface area (TPSA) is 15.3 Å². The zero-order valence-electron chi connectivity index (χ0n) is 13.5. The molecule has 1 aromatic heterocycles. The van der Waals surface area contributed by atoms with Gasteiger partial charge in [0, 0.05) is 15.8 Å². The van der Waals surface area contributed by atoms with E-state index in [1.54, 1.807) is 15.3 Å². The molecule has 21 heavy (non-hydrogen) atoms. The van der Waals surface area contributed by atoms with Crippen LogP contribution >= 0.6 is 11.3 Å². The molecule has 0 radical (unpaired) electrons. The molecule has 2 nitrogen and oxygen atoms in total. The molecule has 2 aliphatic rings. The van der Waals surface area contributed by atoms with Crippen molar-refractivity contribution in [1.82, 2.24) is 10.2 Å². The smallest absolute Gasteiger partial charge is 0.0386 e. The lowest BCUT2D eigenvalue weighted by Gasteiger charge is -2.26. The molecule has 118 valence electrons. The van der Waals surface area contributed by atoms with Crippen LogP contribution in [-0.2, 0) is 12.8 Å². The molecule has 1 aromatic rings. The molecule has 3 rings (SSSR count). The van der Waals surface area contributed by atoms with Gasteiger partial charge >= 0.3 is 0 Å². The fourth-order valence-corrected chi connectivity index (χ4v) is 4.92. The Morgan fingerprint density at radius 1 is 1.14 bits per heavy atom. The van der Waals surface area contributed by atoms with Crippen molar-refractivity contribution < 1.29 is 0 Å². The maximum Gasteiger partial charge on any atom is 0.0386 e. The van der Waals surface area contributed by atoms with Gasteiger partial charge < -0.3 is 10.2 Å². The van der Waals surface area contributed by atoms with Crippen LogP contribution < -0.4 is 5.32 Å². The summed E-state index contributed by atoms with van der Waals surface area (Å²) in [6.45, 7) is 7.42. The summed E-state index contributed by atoms with van der Waals surface area (Å²) < 4.78 is 0. The summed E-state index contributed by atoms with van der Waals surface area (Å²) in [7, 11) is 0. The van der Waals surface area contributed by atoms with Gasteiger partial charge in [-0.3, -0.25) is 0 Å². The number of fused-ring (bicyclic) bond motifs is 1. The second-order valence-electron chi connectivity index (χ2n) is 6.74. The van der Waals surface area contributed by atoms with Crippen molar-refractivity contribution in [2.24, 2.45) is 0 Å². The Bertz CT molecular complexity index is 411. The van der Waals surface area contributed by atoms with Crippen LogP contribution in [0.15, 0.2) is 6.07 Å². The van der Waals surface area contributed by atoms with Crippen molar-refractivity contribution >= 4 is 11.3 Å². The van der Waals surface area contributed by atoms with E-state index in [2.05, 4.69) is 34.5 Å². The summed E-state index contributed by atoms with van der Waals surface area (Å²) in [5, 5.41) is 3.73. The third-order valence-corrected chi connectivity index (χ3v) is 6.41. The van der Waals surface area contributed by atoms with Crippen LogP contribution in [-0.4, -0.2) is 31.1 Å². The first kappa shape index (κ1) is 15.5. The van der Waals surface area contributed by atoms with Gasteiger partial charge in [0.2, 0.25) is 0 Å². The highest BCUT2D eigenvalue weighted by atomic mass is 32.1. The molecule has 0 saturated carbocycles. The van der Waals surface area contributed by atoms with E-state index in [9.17, 15) is 0 Å². The quantitative estimate of drug-likeness (QED) is 0.794. The minimum Gasteiger partial charge on any atom is -0.309 e. The molecule has 1 atom stereocenters. The minimum atomic E-state index is 0.530. The second-order valence-corrected chi connectivity index (χ2v) is 7.90. The summed E-state index contributed by atoms with van der Waals surface area (Å²) in [4.78, 5) is 5.86. The summed E-state index contributed by atoms with van der Waals surface area (Å²) >= 11 is 2.06. The number of nitrogens with one attached hydrogen (secondary N) is 1. The number of likely N-dealkylation sites (tertiary alicyclic amines) is 1. The van der Waals surface area contributed by atoms with Crippen molar-refractivity contribution in [1.29, 1.82) is 0 Å². The Kier molecular flexibility index (Phi) is 5.73. The molecule has 0 amide bonds. The van der Waals surface area contributed by atoms with E-state index in [1.807, 2.05) is 0 Å². The lowest BCUT2D eigenvalue weighted by atomic mass is 9.99. The van der Waals surface area contributed by atoms with Crippen LogP contribution in [0.1, 0.15) is 66.8 Å². The molecule has 0 bridgehead atoms. The Morgan fingerprint density at radius 3 is 2.76 bits per heavy atom. The third kappa shape index (κ3) is 4.30. The standard InChI is InChI=1S/C18H30N2S/c1-15(18-14-16-8-3-4-9-17(16)21-18)19-10-7-13-20-11-5-2-6-12-20/h14-15,19H,2-13H2,1H3. The van der Waals surface area contributed by atoms with Crippen molar-refractivity contribution in [3.05, 3.63) is 21.4 Å². The van der Waals surface area contributed by atoms with E-state index in [4.69, 9.17) is 0 Å². The Balaban J connectivity index is 1.39. The van der Waals surface area contributed by atoms with E-state index in [0.29, 0.717) is 6.04 Å². The van der Waals surface area contributed by atoms with Crippen LogP contribution in [0.3, 0.4) is 0 Å². The number of nitrogens with zero attached hydrogens (tertiary/aromatic N) is 1. The van der Waals surface area contributed by atoms with Gasteiger partial charge in [-0.2, -0.15) is 0 Å². The summed E-state index contributed by atoms with van der Waals surface area (Å²) in [5.41, 5.74) is 1.64. The minimum absolute atomic E-state index is 0.530. The summed E-state index contributed by atoms with van der Waals surface area (Å²) in [5.74, 6) is 0.